The molecule has 0 bridgehead atoms. The number of rotatable bonds is 4. The third-order valence-electron chi connectivity index (χ3n) is 1.93. The number of halogens is 2. The number of hydrogen-bond donors (Lipinski definition) is 0. The molecule has 0 aromatic heterocycles. The second-order valence-corrected chi connectivity index (χ2v) is 4.68. The zero-order valence-corrected chi connectivity index (χ0v) is 11.2. The maximum atomic E-state index is 10.8. The summed E-state index contributed by atoms with van der Waals surface area (Å²) in [5, 5.41) is 18.5. The number of nitro benzene ring substituents is 1. The molecule has 0 aliphatic rings. The minimum atomic E-state index is -0.836. The van der Waals surface area contributed by atoms with E-state index in [9.17, 15) is 10.1 Å². The Morgan fingerprint density at radius 3 is 2.88 bits per heavy atom. The van der Waals surface area contributed by atoms with Gasteiger partial charge in [-0.25, -0.2) is 0 Å². The van der Waals surface area contributed by atoms with Crippen molar-refractivity contribution in [2.75, 3.05) is 6.61 Å². The van der Waals surface area contributed by atoms with Gasteiger partial charge >= 0.3 is 5.69 Å². The summed E-state index contributed by atoms with van der Waals surface area (Å²) in [4.78, 5) is 10.3. The number of ether oxygens (including phenoxy) is 1. The van der Waals surface area contributed by atoms with Crippen LogP contribution in [0, 0.1) is 28.4 Å². The van der Waals surface area contributed by atoms with E-state index in [0.717, 1.165) is 0 Å². The summed E-state index contributed by atoms with van der Waals surface area (Å²) in [6.07, 6.45) is 0. The van der Waals surface area contributed by atoms with Crippen molar-refractivity contribution < 1.29 is 9.66 Å². The Kier molecular flexibility index (Phi) is 4.73. The number of nitro groups is 1. The SMILES string of the molecule is Cc1cc(Br)cc([N+](=O)[O-])c1OCC(Cl)C#N. The zero-order valence-electron chi connectivity index (χ0n) is 8.81. The van der Waals surface area contributed by atoms with Crippen molar-refractivity contribution in [1.29, 1.82) is 5.26 Å². The molecule has 90 valence electrons. The number of aryl methyl sites for hydroxylation is 1. The third-order valence-corrected chi connectivity index (χ3v) is 2.61. The van der Waals surface area contributed by atoms with Crippen molar-refractivity contribution in [2.45, 2.75) is 12.3 Å². The molecule has 0 radical (unpaired) electrons. The number of benzene rings is 1. The first kappa shape index (κ1) is 13.7. The highest BCUT2D eigenvalue weighted by atomic mass is 79.9. The maximum Gasteiger partial charge on any atom is 0.312 e. The van der Waals surface area contributed by atoms with Crippen molar-refractivity contribution in [2.24, 2.45) is 0 Å². The molecule has 0 saturated carbocycles. The van der Waals surface area contributed by atoms with Crippen LogP contribution in [0.1, 0.15) is 5.56 Å². The van der Waals surface area contributed by atoms with Gasteiger partial charge in [-0.15, -0.1) is 11.6 Å². The van der Waals surface area contributed by atoms with E-state index in [0.29, 0.717) is 10.0 Å². The van der Waals surface area contributed by atoms with E-state index in [1.54, 1.807) is 19.1 Å². The summed E-state index contributed by atoms with van der Waals surface area (Å²) < 4.78 is 5.81. The van der Waals surface area contributed by atoms with E-state index in [1.807, 2.05) is 0 Å². The second kappa shape index (κ2) is 5.84. The average molecular weight is 320 g/mol. The number of alkyl halides is 1. The van der Waals surface area contributed by atoms with Crippen LogP contribution >= 0.6 is 27.5 Å². The van der Waals surface area contributed by atoms with Gasteiger partial charge in [0.2, 0.25) is 0 Å². The van der Waals surface area contributed by atoms with Gasteiger partial charge in [0.05, 0.1) is 11.0 Å². The van der Waals surface area contributed by atoms with E-state index >= 15 is 0 Å². The van der Waals surface area contributed by atoms with Gasteiger partial charge in [-0.2, -0.15) is 5.26 Å². The van der Waals surface area contributed by atoms with Crippen LogP contribution in [0.5, 0.6) is 5.75 Å². The van der Waals surface area contributed by atoms with Crippen molar-refractivity contribution >= 4 is 33.2 Å². The smallest absolute Gasteiger partial charge is 0.312 e. The number of nitriles is 1. The van der Waals surface area contributed by atoms with Crippen molar-refractivity contribution in [3.8, 4) is 11.8 Å². The third kappa shape index (κ3) is 3.58. The van der Waals surface area contributed by atoms with Crippen LogP contribution in [-0.4, -0.2) is 16.9 Å². The van der Waals surface area contributed by atoms with Gasteiger partial charge in [-0.3, -0.25) is 10.1 Å². The van der Waals surface area contributed by atoms with E-state index in [1.165, 1.54) is 6.07 Å². The van der Waals surface area contributed by atoms with Crippen LogP contribution < -0.4 is 4.74 Å². The van der Waals surface area contributed by atoms with Crippen LogP contribution in [-0.2, 0) is 0 Å². The second-order valence-electron chi connectivity index (χ2n) is 3.24. The highest BCUT2D eigenvalue weighted by Gasteiger charge is 2.19. The molecule has 1 aromatic rings. The van der Waals surface area contributed by atoms with Gasteiger partial charge in [0.1, 0.15) is 6.61 Å². The Morgan fingerprint density at radius 2 is 2.35 bits per heavy atom. The Labute approximate surface area is 111 Å². The van der Waals surface area contributed by atoms with Gasteiger partial charge < -0.3 is 4.74 Å². The first-order chi connectivity index (χ1) is 7.95. The lowest BCUT2D eigenvalue weighted by Crippen LogP contribution is -2.11. The molecule has 0 saturated heterocycles. The molecule has 1 atom stereocenters. The summed E-state index contributed by atoms with van der Waals surface area (Å²) in [6.45, 7) is 1.59. The van der Waals surface area contributed by atoms with Crippen LogP contribution in [0.15, 0.2) is 16.6 Å². The Hall–Kier alpha value is -1.32. The van der Waals surface area contributed by atoms with Crippen LogP contribution in [0.25, 0.3) is 0 Å². The fraction of sp³-hybridized carbons (Fsp3) is 0.300. The summed E-state index contributed by atoms with van der Waals surface area (Å²) in [5.74, 6) is 0.138. The van der Waals surface area contributed by atoms with Crippen molar-refractivity contribution in [3.05, 3.63) is 32.3 Å². The molecule has 1 rings (SSSR count). The van der Waals surface area contributed by atoms with E-state index in [-0.39, 0.29) is 18.0 Å². The zero-order chi connectivity index (χ0) is 13.0. The molecule has 0 amide bonds. The van der Waals surface area contributed by atoms with Crippen LogP contribution in [0.3, 0.4) is 0 Å². The van der Waals surface area contributed by atoms with Crippen LogP contribution in [0.4, 0.5) is 5.69 Å². The largest absolute Gasteiger partial charge is 0.484 e. The van der Waals surface area contributed by atoms with Gasteiger partial charge in [0.25, 0.3) is 0 Å². The first-order valence-corrected chi connectivity index (χ1v) is 5.79. The van der Waals surface area contributed by atoms with Gasteiger partial charge in [0, 0.05) is 10.5 Å². The molecule has 0 aliphatic heterocycles. The van der Waals surface area contributed by atoms with Gasteiger partial charge in [-0.1, -0.05) is 15.9 Å². The molecular formula is C10H8BrClN2O3. The lowest BCUT2D eigenvalue weighted by Gasteiger charge is -2.10. The minimum Gasteiger partial charge on any atom is -0.484 e. The lowest BCUT2D eigenvalue weighted by atomic mass is 10.2. The topological polar surface area (TPSA) is 76.2 Å². The fourth-order valence-corrected chi connectivity index (χ4v) is 1.85. The molecule has 0 spiro atoms. The van der Waals surface area contributed by atoms with Gasteiger partial charge in [-0.05, 0) is 18.6 Å². The molecule has 7 heteroatoms. The summed E-state index contributed by atoms with van der Waals surface area (Å²) >= 11 is 8.74. The average Bonchev–Trinajstić information content (AvgIpc) is 2.26. The molecule has 0 fully saturated rings. The molecule has 0 N–H and O–H groups in total. The predicted octanol–water partition coefficient (Wildman–Crippen LogP) is 3.18. The fourth-order valence-electron chi connectivity index (χ4n) is 1.23. The standard InChI is InChI=1S/C10H8BrClN2O3/c1-6-2-7(11)3-9(14(15)16)10(6)17-5-8(12)4-13/h2-3,8H,5H2,1H3. The highest BCUT2D eigenvalue weighted by molar-refractivity contribution is 9.10. The summed E-state index contributed by atoms with van der Waals surface area (Å²) in [5.41, 5.74) is 0.451. The molecule has 0 heterocycles. The van der Waals surface area contributed by atoms with Gasteiger partial charge in [0.15, 0.2) is 11.1 Å². The number of hydrogen-bond acceptors (Lipinski definition) is 4. The Morgan fingerprint density at radius 1 is 1.71 bits per heavy atom. The summed E-state index contributed by atoms with van der Waals surface area (Å²) in [6, 6.07) is 4.81. The first-order valence-electron chi connectivity index (χ1n) is 4.56. The van der Waals surface area contributed by atoms with E-state index < -0.39 is 10.3 Å². The highest BCUT2D eigenvalue weighted by Crippen LogP contribution is 2.34. The van der Waals surface area contributed by atoms with Crippen molar-refractivity contribution in [1.82, 2.24) is 0 Å². The predicted molar refractivity (Wildman–Crippen MR) is 66.3 cm³/mol. The van der Waals surface area contributed by atoms with E-state index in [2.05, 4.69) is 15.9 Å². The quantitative estimate of drug-likeness (QED) is 0.485. The molecular weight excluding hydrogens is 311 g/mol. The Bertz CT molecular complexity index is 487. The molecule has 1 unspecified atom stereocenters. The minimum absolute atomic E-state index is 0.0959. The maximum absolute atomic E-state index is 10.8. The molecule has 0 aliphatic carbocycles. The molecule has 1 aromatic carbocycles. The number of nitrogens with zero attached hydrogens (tertiary/aromatic N) is 2. The monoisotopic (exact) mass is 318 g/mol. The Balaban J connectivity index is 3.05. The normalized spacial score (nSPS) is 11.6. The van der Waals surface area contributed by atoms with Crippen LogP contribution in [0.2, 0.25) is 0 Å². The van der Waals surface area contributed by atoms with E-state index in [4.69, 9.17) is 21.6 Å². The molecule has 5 nitrogen and oxygen atoms in total. The van der Waals surface area contributed by atoms with Crippen molar-refractivity contribution in [3.63, 3.8) is 0 Å². The molecule has 17 heavy (non-hydrogen) atoms. The summed E-state index contributed by atoms with van der Waals surface area (Å²) in [7, 11) is 0. The lowest BCUT2D eigenvalue weighted by molar-refractivity contribution is -0.386.